The lowest BCUT2D eigenvalue weighted by Gasteiger charge is -2.39. The van der Waals surface area contributed by atoms with E-state index >= 15 is 0 Å². The zero-order valence-corrected chi connectivity index (χ0v) is 14.8. The highest BCUT2D eigenvalue weighted by atomic mass is 35.5. The molecule has 0 fully saturated rings. The molecule has 1 aliphatic heterocycles. The molecule has 2 aromatic heterocycles. The van der Waals surface area contributed by atoms with E-state index in [2.05, 4.69) is 23.9 Å². The first-order valence-electron chi connectivity index (χ1n) is 7.59. The van der Waals surface area contributed by atoms with Gasteiger partial charge in [0.25, 0.3) is 0 Å². The van der Waals surface area contributed by atoms with E-state index in [9.17, 15) is 4.79 Å². The minimum atomic E-state index is -0.550. The third kappa shape index (κ3) is 3.13. The molecule has 0 radical (unpaired) electrons. The molecule has 23 heavy (non-hydrogen) atoms. The van der Waals surface area contributed by atoms with E-state index < -0.39 is 5.60 Å². The van der Waals surface area contributed by atoms with Gasteiger partial charge in [-0.05, 0) is 32.6 Å². The van der Waals surface area contributed by atoms with Crippen molar-refractivity contribution >= 4 is 29.0 Å². The van der Waals surface area contributed by atoms with Crippen molar-refractivity contribution in [1.29, 1.82) is 0 Å². The molecule has 2 aromatic rings. The molecule has 124 valence electrons. The zero-order chi connectivity index (χ0) is 17.0. The van der Waals surface area contributed by atoms with Crippen molar-refractivity contribution in [3.63, 3.8) is 0 Å². The smallest absolute Gasteiger partial charge is 0.414 e. The summed E-state index contributed by atoms with van der Waals surface area (Å²) in [5.41, 5.74) is 1.67. The van der Waals surface area contributed by atoms with Crippen LogP contribution in [0.5, 0.6) is 0 Å². The summed E-state index contributed by atoms with van der Waals surface area (Å²) in [7, 11) is 0. The summed E-state index contributed by atoms with van der Waals surface area (Å²) < 4.78 is 7.27. The second kappa shape index (κ2) is 5.09. The van der Waals surface area contributed by atoms with Gasteiger partial charge in [0.1, 0.15) is 5.60 Å². The van der Waals surface area contributed by atoms with E-state index in [1.807, 2.05) is 20.8 Å². The van der Waals surface area contributed by atoms with Crippen LogP contribution in [-0.2, 0) is 11.2 Å². The molecule has 0 N–H and O–H groups in total. The molecule has 0 saturated carbocycles. The Morgan fingerprint density at radius 1 is 1.39 bits per heavy atom. The number of carbonyl (C=O) groups is 1. The van der Waals surface area contributed by atoms with Gasteiger partial charge in [-0.25, -0.2) is 14.3 Å². The lowest BCUT2D eigenvalue weighted by molar-refractivity contribution is 0.0560. The van der Waals surface area contributed by atoms with Gasteiger partial charge < -0.3 is 4.74 Å². The number of fused-ring (bicyclic) bond motifs is 3. The molecule has 0 atom stereocenters. The number of carbonyl (C=O) groups excluding carboxylic acids is 1. The average molecular weight is 337 g/mol. The van der Waals surface area contributed by atoms with Crippen LogP contribution in [0, 0.1) is 5.41 Å². The molecule has 1 amide bonds. The summed E-state index contributed by atoms with van der Waals surface area (Å²) in [4.78, 5) is 18.6. The van der Waals surface area contributed by atoms with Gasteiger partial charge in [0, 0.05) is 12.6 Å². The van der Waals surface area contributed by atoms with Crippen LogP contribution in [0.25, 0.3) is 5.65 Å². The minimum absolute atomic E-state index is 0.101. The highest BCUT2D eigenvalue weighted by Gasteiger charge is 2.37. The van der Waals surface area contributed by atoms with E-state index in [1.165, 1.54) is 0 Å². The maximum atomic E-state index is 12.6. The molecule has 0 saturated heterocycles. The van der Waals surface area contributed by atoms with Crippen molar-refractivity contribution < 1.29 is 9.53 Å². The fraction of sp³-hybridized carbons (Fsp3) is 0.562. The Balaban J connectivity index is 2.10. The molecule has 0 bridgehead atoms. The summed E-state index contributed by atoms with van der Waals surface area (Å²) in [5.74, 6) is 0. The summed E-state index contributed by atoms with van der Waals surface area (Å²) in [6.45, 7) is 10.4. The molecule has 3 rings (SSSR count). The van der Waals surface area contributed by atoms with Crippen molar-refractivity contribution in [2.24, 2.45) is 5.41 Å². The number of nitrogens with zero attached hydrogens (tertiary/aromatic N) is 4. The number of rotatable bonds is 0. The summed E-state index contributed by atoms with van der Waals surface area (Å²) in [5, 5.41) is 4.69. The van der Waals surface area contributed by atoms with Crippen LogP contribution in [0.4, 0.5) is 10.5 Å². The number of aromatic nitrogens is 3. The molecule has 7 heteroatoms. The van der Waals surface area contributed by atoms with Crippen LogP contribution >= 0.6 is 11.6 Å². The predicted molar refractivity (Wildman–Crippen MR) is 89.1 cm³/mol. The van der Waals surface area contributed by atoms with Crippen LogP contribution in [0.3, 0.4) is 0 Å². The van der Waals surface area contributed by atoms with Crippen LogP contribution in [0.2, 0.25) is 5.15 Å². The number of hydrogen-bond donors (Lipinski definition) is 0. The normalized spacial score (nSPS) is 17.2. The molecule has 3 heterocycles. The van der Waals surface area contributed by atoms with Crippen molar-refractivity contribution in [1.82, 2.24) is 14.6 Å². The fourth-order valence-corrected chi connectivity index (χ4v) is 3.01. The first kappa shape index (κ1) is 16.1. The Kier molecular flexibility index (Phi) is 3.55. The Hall–Kier alpha value is -1.82. The van der Waals surface area contributed by atoms with Gasteiger partial charge in [-0.1, -0.05) is 25.4 Å². The van der Waals surface area contributed by atoms with Gasteiger partial charge in [0.05, 0.1) is 17.6 Å². The van der Waals surface area contributed by atoms with Crippen molar-refractivity contribution in [3.8, 4) is 0 Å². The molecule has 6 nitrogen and oxygen atoms in total. The van der Waals surface area contributed by atoms with Gasteiger partial charge in [0.15, 0.2) is 10.8 Å². The summed E-state index contributed by atoms with van der Waals surface area (Å²) in [6.07, 6.45) is 2.10. The van der Waals surface area contributed by atoms with Gasteiger partial charge in [-0.2, -0.15) is 5.10 Å². The van der Waals surface area contributed by atoms with Crippen LogP contribution in [0.15, 0.2) is 12.3 Å². The molecular weight excluding hydrogens is 316 g/mol. The number of ether oxygens (including phenoxy) is 1. The Morgan fingerprint density at radius 3 is 2.74 bits per heavy atom. The SMILES string of the molecule is CC1(C)Cc2c(cnc3cc(Cl)nn23)N(C(=O)OC(C)(C)C)C1. The first-order chi connectivity index (χ1) is 10.6. The van der Waals surface area contributed by atoms with E-state index in [0.717, 1.165) is 17.8 Å². The quantitative estimate of drug-likeness (QED) is 0.736. The number of amides is 1. The van der Waals surface area contributed by atoms with E-state index in [1.54, 1.807) is 21.7 Å². The van der Waals surface area contributed by atoms with Gasteiger partial charge >= 0.3 is 6.09 Å². The number of halogens is 1. The summed E-state index contributed by atoms with van der Waals surface area (Å²) in [6, 6.07) is 1.71. The maximum Gasteiger partial charge on any atom is 0.414 e. The van der Waals surface area contributed by atoms with Gasteiger partial charge in [-0.15, -0.1) is 0 Å². The Labute approximate surface area is 140 Å². The second-order valence-corrected chi connectivity index (χ2v) is 8.12. The first-order valence-corrected chi connectivity index (χ1v) is 7.97. The highest BCUT2D eigenvalue weighted by Crippen LogP contribution is 2.37. The maximum absolute atomic E-state index is 12.6. The van der Waals surface area contributed by atoms with Gasteiger partial charge in [-0.3, -0.25) is 4.90 Å². The topological polar surface area (TPSA) is 59.7 Å². The third-order valence-electron chi connectivity index (χ3n) is 3.67. The lowest BCUT2D eigenvalue weighted by Crippen LogP contribution is -2.46. The Bertz CT molecular complexity index is 776. The van der Waals surface area contributed by atoms with Crippen LogP contribution in [0.1, 0.15) is 40.3 Å². The van der Waals surface area contributed by atoms with Crippen molar-refractivity contribution in [3.05, 3.63) is 23.1 Å². The largest absolute Gasteiger partial charge is 0.443 e. The van der Waals surface area contributed by atoms with Crippen LogP contribution in [-0.4, -0.2) is 32.8 Å². The average Bonchev–Trinajstić information content (AvgIpc) is 2.75. The highest BCUT2D eigenvalue weighted by molar-refractivity contribution is 6.29. The standard InChI is InChI=1S/C16H21ClN4O2/c1-15(2,3)23-14(22)20-9-16(4,5)7-10-11(20)8-18-13-6-12(17)19-21(10)13/h6,8H,7,9H2,1-5H3. The van der Waals surface area contributed by atoms with Gasteiger partial charge in [0.2, 0.25) is 0 Å². The fourth-order valence-electron chi connectivity index (χ4n) is 2.84. The van der Waals surface area contributed by atoms with Crippen molar-refractivity contribution in [2.75, 3.05) is 11.4 Å². The van der Waals surface area contributed by atoms with Crippen LogP contribution < -0.4 is 4.90 Å². The van der Waals surface area contributed by atoms with E-state index in [4.69, 9.17) is 16.3 Å². The monoisotopic (exact) mass is 336 g/mol. The number of hydrogen-bond acceptors (Lipinski definition) is 4. The predicted octanol–water partition coefficient (Wildman–Crippen LogP) is 3.71. The molecule has 1 aliphatic rings. The van der Waals surface area contributed by atoms with E-state index in [0.29, 0.717) is 17.3 Å². The molecular formula is C16H21ClN4O2. The second-order valence-electron chi connectivity index (χ2n) is 7.73. The molecule has 0 aliphatic carbocycles. The lowest BCUT2D eigenvalue weighted by atomic mass is 9.83. The van der Waals surface area contributed by atoms with Crippen molar-refractivity contribution in [2.45, 2.75) is 46.6 Å². The molecule has 0 unspecified atom stereocenters. The molecule has 0 aromatic carbocycles. The number of anilines is 1. The third-order valence-corrected chi connectivity index (χ3v) is 3.85. The Morgan fingerprint density at radius 2 is 2.09 bits per heavy atom. The van der Waals surface area contributed by atoms with E-state index in [-0.39, 0.29) is 11.5 Å². The summed E-state index contributed by atoms with van der Waals surface area (Å²) >= 11 is 6.01. The molecule has 0 spiro atoms. The zero-order valence-electron chi connectivity index (χ0n) is 14.1. The minimum Gasteiger partial charge on any atom is -0.443 e.